The van der Waals surface area contributed by atoms with Gasteiger partial charge in [-0.1, -0.05) is 0 Å². The molecule has 0 spiro atoms. The van der Waals surface area contributed by atoms with Crippen LogP contribution in [0.1, 0.15) is 0 Å². The molecule has 0 amide bonds. The van der Waals surface area contributed by atoms with Gasteiger partial charge in [0.15, 0.2) is 0 Å². The van der Waals surface area contributed by atoms with Crippen LogP contribution in [0.4, 0.5) is 0 Å². The van der Waals surface area contributed by atoms with Crippen LogP contribution in [0.25, 0.3) is 0 Å². The zero-order valence-electron chi connectivity index (χ0n) is 6.81. The minimum absolute atomic E-state index is 0.179. The van der Waals surface area contributed by atoms with E-state index in [1.165, 1.54) is 7.11 Å². The lowest BCUT2D eigenvalue weighted by Gasteiger charge is -2.12. The van der Waals surface area contributed by atoms with Gasteiger partial charge in [0, 0.05) is 7.11 Å². The van der Waals surface area contributed by atoms with Gasteiger partial charge in [0.05, 0.1) is 12.5 Å². The number of methoxy groups -OCH3 is 1. The van der Waals surface area contributed by atoms with Gasteiger partial charge >= 0.3 is 0 Å². The average Bonchev–Trinajstić information content (AvgIpc) is 2.33. The van der Waals surface area contributed by atoms with Crippen LogP contribution in [-0.2, 0) is 9.47 Å². The topological polar surface area (TPSA) is 58.9 Å². The smallest absolute Gasteiger partial charge is 0.111 e. The zero-order chi connectivity index (χ0) is 9.14. The van der Waals surface area contributed by atoms with Crippen molar-refractivity contribution in [3.63, 3.8) is 0 Å². The van der Waals surface area contributed by atoms with Gasteiger partial charge in [-0.25, -0.2) is 0 Å². The van der Waals surface area contributed by atoms with E-state index >= 15 is 0 Å². The highest BCUT2D eigenvalue weighted by Crippen LogP contribution is 2.22. The summed E-state index contributed by atoms with van der Waals surface area (Å²) >= 11 is 5.50. The highest BCUT2D eigenvalue weighted by atomic mass is 35.5. The molecular weight excluding hydrogens is 184 g/mol. The minimum atomic E-state index is -0.900. The molecule has 1 fully saturated rings. The third-order valence-corrected chi connectivity index (χ3v) is 2.25. The van der Waals surface area contributed by atoms with Crippen LogP contribution in [0.5, 0.6) is 0 Å². The van der Waals surface area contributed by atoms with E-state index in [2.05, 4.69) is 0 Å². The second kappa shape index (κ2) is 4.39. The number of aliphatic hydroxyl groups excluding tert-OH is 2. The largest absolute Gasteiger partial charge is 0.388 e. The van der Waals surface area contributed by atoms with E-state index in [9.17, 15) is 10.2 Å². The molecule has 1 rings (SSSR count). The fourth-order valence-corrected chi connectivity index (χ4v) is 1.51. The quantitative estimate of drug-likeness (QED) is 0.590. The maximum absolute atomic E-state index is 9.38. The molecular formula is C7H13ClO4. The van der Waals surface area contributed by atoms with Crippen molar-refractivity contribution >= 4 is 11.6 Å². The molecule has 1 aliphatic rings. The maximum Gasteiger partial charge on any atom is 0.111 e. The van der Waals surface area contributed by atoms with Crippen molar-refractivity contribution in [2.45, 2.75) is 24.4 Å². The lowest BCUT2D eigenvalue weighted by molar-refractivity contribution is -0.0283. The molecule has 0 unspecified atom stereocenters. The fraction of sp³-hybridized carbons (Fsp3) is 1.00. The number of alkyl halides is 1. The van der Waals surface area contributed by atoms with Gasteiger partial charge in [-0.3, -0.25) is 0 Å². The van der Waals surface area contributed by atoms with Gasteiger partial charge in [0.2, 0.25) is 0 Å². The van der Waals surface area contributed by atoms with Gasteiger partial charge < -0.3 is 19.7 Å². The van der Waals surface area contributed by atoms with Crippen LogP contribution in [0.3, 0.4) is 0 Å². The monoisotopic (exact) mass is 196 g/mol. The first-order chi connectivity index (χ1) is 5.70. The second-order valence-corrected chi connectivity index (χ2v) is 3.11. The minimum Gasteiger partial charge on any atom is -0.388 e. The lowest BCUT2D eigenvalue weighted by Crippen LogP contribution is -2.34. The third kappa shape index (κ3) is 1.89. The van der Waals surface area contributed by atoms with Crippen molar-refractivity contribution in [2.24, 2.45) is 0 Å². The van der Waals surface area contributed by atoms with E-state index < -0.39 is 24.4 Å². The van der Waals surface area contributed by atoms with Crippen molar-refractivity contribution in [3.8, 4) is 0 Å². The molecule has 72 valence electrons. The van der Waals surface area contributed by atoms with E-state index in [0.717, 1.165) is 0 Å². The van der Waals surface area contributed by atoms with E-state index in [4.69, 9.17) is 21.1 Å². The van der Waals surface area contributed by atoms with E-state index in [1.807, 2.05) is 0 Å². The molecule has 0 aliphatic carbocycles. The Balaban J connectivity index is 2.48. The molecule has 0 radical (unpaired) electrons. The van der Waals surface area contributed by atoms with Crippen LogP contribution in [-0.4, -0.2) is 54.2 Å². The van der Waals surface area contributed by atoms with Crippen LogP contribution in [0.15, 0.2) is 0 Å². The van der Waals surface area contributed by atoms with Crippen molar-refractivity contribution in [1.82, 2.24) is 0 Å². The Morgan fingerprint density at radius 3 is 2.33 bits per heavy atom. The van der Waals surface area contributed by atoms with E-state index in [0.29, 0.717) is 0 Å². The highest BCUT2D eigenvalue weighted by Gasteiger charge is 2.41. The number of hydrogen-bond donors (Lipinski definition) is 2. The molecule has 4 nitrogen and oxygen atoms in total. The molecule has 12 heavy (non-hydrogen) atoms. The summed E-state index contributed by atoms with van der Waals surface area (Å²) in [7, 11) is 1.51. The van der Waals surface area contributed by atoms with E-state index in [1.54, 1.807) is 0 Å². The molecule has 5 heteroatoms. The van der Waals surface area contributed by atoms with Gasteiger partial charge in [0.25, 0.3) is 0 Å². The Kier molecular flexibility index (Phi) is 3.74. The van der Waals surface area contributed by atoms with Crippen molar-refractivity contribution in [1.29, 1.82) is 0 Å². The Bertz CT molecular complexity index is 143. The van der Waals surface area contributed by atoms with Gasteiger partial charge in [0.1, 0.15) is 24.4 Å². The lowest BCUT2D eigenvalue weighted by atomic mass is 10.1. The molecule has 1 aliphatic heterocycles. The van der Waals surface area contributed by atoms with Gasteiger partial charge in [-0.05, 0) is 0 Å². The number of aliphatic hydroxyl groups is 2. The van der Waals surface area contributed by atoms with Gasteiger partial charge in [-0.15, -0.1) is 11.6 Å². The second-order valence-electron chi connectivity index (χ2n) is 2.80. The molecule has 0 aromatic rings. The SMILES string of the molecule is COC[C@@H]1O[C@@H](CCl)[C@@H](O)[C@@H]1O. The Labute approximate surface area is 76.0 Å². The third-order valence-electron chi connectivity index (χ3n) is 1.94. The molecule has 0 bridgehead atoms. The first-order valence-corrected chi connectivity index (χ1v) is 4.30. The molecule has 1 saturated heterocycles. The first kappa shape index (κ1) is 10.2. The Morgan fingerprint density at radius 2 is 1.92 bits per heavy atom. The van der Waals surface area contributed by atoms with Crippen LogP contribution in [0, 0.1) is 0 Å². The van der Waals surface area contributed by atoms with Crippen LogP contribution in [0.2, 0.25) is 0 Å². The standard InChI is InChI=1S/C7H13ClO4/c1-11-3-5-7(10)6(9)4(2-8)12-5/h4-7,9-10H,2-3H2,1H3/t4-,5-,6+,7+/m0/s1. The predicted molar refractivity (Wildman–Crippen MR) is 43.3 cm³/mol. The normalized spacial score (nSPS) is 42.0. The summed E-state index contributed by atoms with van der Waals surface area (Å²) in [5.74, 6) is 0.179. The summed E-state index contributed by atoms with van der Waals surface area (Å²) in [4.78, 5) is 0. The fourth-order valence-electron chi connectivity index (χ4n) is 1.26. The summed E-state index contributed by atoms with van der Waals surface area (Å²) in [6.45, 7) is 0.269. The summed E-state index contributed by atoms with van der Waals surface area (Å²) < 4.78 is 10.0. The van der Waals surface area contributed by atoms with Crippen LogP contribution < -0.4 is 0 Å². The average molecular weight is 197 g/mol. The number of hydrogen-bond acceptors (Lipinski definition) is 4. The predicted octanol–water partition coefficient (Wildman–Crippen LogP) is -0.639. The molecule has 0 saturated carbocycles. The maximum atomic E-state index is 9.38. The Hall–Kier alpha value is 0.130. The van der Waals surface area contributed by atoms with Crippen molar-refractivity contribution in [2.75, 3.05) is 19.6 Å². The summed E-state index contributed by atoms with van der Waals surface area (Å²) in [5.41, 5.74) is 0. The molecule has 4 atom stereocenters. The highest BCUT2D eigenvalue weighted by molar-refractivity contribution is 6.18. The van der Waals surface area contributed by atoms with E-state index in [-0.39, 0.29) is 12.5 Å². The van der Waals surface area contributed by atoms with Crippen LogP contribution >= 0.6 is 11.6 Å². The molecule has 1 heterocycles. The Morgan fingerprint density at radius 1 is 1.33 bits per heavy atom. The zero-order valence-corrected chi connectivity index (χ0v) is 7.57. The number of halogens is 1. The molecule has 2 N–H and O–H groups in total. The summed E-state index contributed by atoms with van der Waals surface area (Å²) in [6.07, 6.45) is -2.74. The summed E-state index contributed by atoms with van der Waals surface area (Å²) in [5, 5.41) is 18.7. The summed E-state index contributed by atoms with van der Waals surface area (Å²) in [6, 6.07) is 0. The first-order valence-electron chi connectivity index (χ1n) is 3.77. The van der Waals surface area contributed by atoms with Crippen molar-refractivity contribution in [3.05, 3.63) is 0 Å². The number of rotatable bonds is 3. The van der Waals surface area contributed by atoms with Gasteiger partial charge in [-0.2, -0.15) is 0 Å². The van der Waals surface area contributed by atoms with Crippen molar-refractivity contribution < 1.29 is 19.7 Å². The molecule has 0 aromatic carbocycles. The molecule has 0 aromatic heterocycles. The number of ether oxygens (including phenoxy) is 2.